The Bertz CT molecular complexity index is 594. The highest BCUT2D eigenvalue weighted by Gasteiger charge is 2.16. The number of nitro groups is 1. The third-order valence-corrected chi connectivity index (χ3v) is 2.73. The fraction of sp³-hybridized carbons (Fsp3) is 0.250. The minimum Gasteiger partial charge on any atom is -0.479 e. The first-order valence-electron chi connectivity index (χ1n) is 5.68. The molecule has 2 rings (SSSR count). The van der Waals surface area contributed by atoms with Crippen LogP contribution in [0.1, 0.15) is 11.4 Å². The molecule has 0 aliphatic carbocycles. The first-order chi connectivity index (χ1) is 9.11. The minimum absolute atomic E-state index is 0.0774. The minimum atomic E-state index is -0.478. The van der Waals surface area contributed by atoms with Crippen molar-refractivity contribution in [3.63, 3.8) is 0 Å². The molecule has 0 saturated carbocycles. The van der Waals surface area contributed by atoms with E-state index < -0.39 is 4.92 Å². The molecule has 0 aliphatic rings. The van der Waals surface area contributed by atoms with Gasteiger partial charge < -0.3 is 15.0 Å². The zero-order valence-electron chi connectivity index (χ0n) is 10.4. The molecule has 0 fully saturated rings. The van der Waals surface area contributed by atoms with Gasteiger partial charge in [-0.3, -0.25) is 10.1 Å². The van der Waals surface area contributed by atoms with E-state index in [0.29, 0.717) is 12.4 Å². The van der Waals surface area contributed by atoms with Gasteiger partial charge in [-0.2, -0.15) is 0 Å². The van der Waals surface area contributed by atoms with Crippen molar-refractivity contribution in [3.8, 4) is 5.75 Å². The summed E-state index contributed by atoms with van der Waals surface area (Å²) >= 11 is 0. The van der Waals surface area contributed by atoms with E-state index in [1.165, 1.54) is 6.07 Å². The number of aromatic nitrogens is 2. The normalized spacial score (nSPS) is 10.4. The third kappa shape index (κ3) is 2.89. The fourth-order valence-corrected chi connectivity index (χ4v) is 1.63. The highest BCUT2D eigenvalue weighted by Crippen LogP contribution is 2.28. The number of nitrogens with two attached hydrogens (primary N) is 1. The van der Waals surface area contributed by atoms with Crippen LogP contribution in [-0.4, -0.2) is 14.5 Å². The lowest BCUT2D eigenvalue weighted by molar-refractivity contribution is -0.386. The van der Waals surface area contributed by atoms with E-state index in [2.05, 4.69) is 4.98 Å². The Morgan fingerprint density at radius 3 is 2.89 bits per heavy atom. The maximum atomic E-state index is 10.9. The molecule has 0 saturated heterocycles. The van der Waals surface area contributed by atoms with Gasteiger partial charge in [0.05, 0.1) is 4.92 Å². The van der Waals surface area contributed by atoms with Gasteiger partial charge in [-0.1, -0.05) is 6.07 Å². The molecule has 2 aromatic rings. The summed E-state index contributed by atoms with van der Waals surface area (Å²) in [6, 6.07) is 4.60. The maximum absolute atomic E-state index is 10.9. The van der Waals surface area contributed by atoms with Crippen LogP contribution in [-0.2, 0) is 20.2 Å². The second-order valence-corrected chi connectivity index (χ2v) is 4.01. The van der Waals surface area contributed by atoms with E-state index in [9.17, 15) is 10.1 Å². The van der Waals surface area contributed by atoms with Crippen LogP contribution < -0.4 is 10.5 Å². The molecule has 0 spiro atoms. The second kappa shape index (κ2) is 5.49. The Labute approximate surface area is 109 Å². The monoisotopic (exact) mass is 262 g/mol. The summed E-state index contributed by atoms with van der Waals surface area (Å²) in [6.07, 6.45) is 3.42. The first-order valence-corrected chi connectivity index (χ1v) is 5.68. The molecule has 1 heterocycles. The molecule has 0 aliphatic heterocycles. The van der Waals surface area contributed by atoms with Crippen LogP contribution in [0.25, 0.3) is 0 Å². The highest BCUT2D eigenvalue weighted by molar-refractivity contribution is 5.48. The van der Waals surface area contributed by atoms with Gasteiger partial charge >= 0.3 is 5.69 Å². The summed E-state index contributed by atoms with van der Waals surface area (Å²) in [5, 5.41) is 10.9. The summed E-state index contributed by atoms with van der Waals surface area (Å²) in [4.78, 5) is 14.5. The molecule has 2 N–H and O–H groups in total. The van der Waals surface area contributed by atoms with Gasteiger partial charge in [-0.05, 0) is 11.6 Å². The van der Waals surface area contributed by atoms with Crippen LogP contribution in [0.3, 0.4) is 0 Å². The quantitative estimate of drug-likeness (QED) is 0.648. The predicted molar refractivity (Wildman–Crippen MR) is 68.5 cm³/mol. The van der Waals surface area contributed by atoms with E-state index in [1.54, 1.807) is 29.1 Å². The first kappa shape index (κ1) is 13.0. The number of ether oxygens (including phenoxy) is 1. The van der Waals surface area contributed by atoms with Gasteiger partial charge in [0.15, 0.2) is 5.75 Å². The topological polar surface area (TPSA) is 96.2 Å². The summed E-state index contributed by atoms with van der Waals surface area (Å²) in [7, 11) is 1.83. The van der Waals surface area contributed by atoms with Crippen molar-refractivity contribution < 1.29 is 9.66 Å². The third-order valence-electron chi connectivity index (χ3n) is 2.73. The number of nitrogens with zero attached hydrogens (tertiary/aromatic N) is 3. The van der Waals surface area contributed by atoms with E-state index in [-0.39, 0.29) is 18.0 Å². The van der Waals surface area contributed by atoms with E-state index in [0.717, 1.165) is 5.56 Å². The standard InChI is InChI=1S/C12H14N4O3/c1-15-5-4-14-12(15)8-19-11-6-9(7-13)2-3-10(11)16(17)18/h2-6H,7-8,13H2,1H3. The van der Waals surface area contributed by atoms with Crippen LogP contribution in [0.15, 0.2) is 30.6 Å². The maximum Gasteiger partial charge on any atom is 0.310 e. The number of aryl methyl sites for hydroxylation is 1. The molecular formula is C12H14N4O3. The van der Waals surface area contributed by atoms with Crippen molar-refractivity contribution in [3.05, 3.63) is 52.1 Å². The Kier molecular flexibility index (Phi) is 3.76. The molecule has 100 valence electrons. The zero-order valence-corrected chi connectivity index (χ0v) is 10.4. The number of benzene rings is 1. The highest BCUT2D eigenvalue weighted by atomic mass is 16.6. The SMILES string of the molecule is Cn1ccnc1COc1cc(CN)ccc1[N+](=O)[O-]. The Hall–Kier alpha value is -2.41. The number of nitro benzene ring substituents is 1. The van der Waals surface area contributed by atoms with Crippen molar-refractivity contribution in [1.82, 2.24) is 9.55 Å². The Morgan fingerprint density at radius 1 is 1.53 bits per heavy atom. The van der Waals surface area contributed by atoms with Crippen molar-refractivity contribution in [1.29, 1.82) is 0 Å². The van der Waals surface area contributed by atoms with Gasteiger partial charge in [-0.15, -0.1) is 0 Å². The number of imidazole rings is 1. The van der Waals surface area contributed by atoms with Crippen LogP contribution in [0.4, 0.5) is 5.69 Å². The molecule has 7 nitrogen and oxygen atoms in total. The van der Waals surface area contributed by atoms with Gasteiger partial charge in [0.25, 0.3) is 0 Å². The molecule has 1 aromatic heterocycles. The summed E-state index contributed by atoms with van der Waals surface area (Å²) in [5.41, 5.74) is 6.22. The molecular weight excluding hydrogens is 248 g/mol. The molecule has 19 heavy (non-hydrogen) atoms. The summed E-state index contributed by atoms with van der Waals surface area (Å²) < 4.78 is 7.28. The van der Waals surface area contributed by atoms with E-state index in [4.69, 9.17) is 10.5 Å². The number of hydrogen-bond acceptors (Lipinski definition) is 5. The largest absolute Gasteiger partial charge is 0.479 e. The molecule has 7 heteroatoms. The van der Waals surface area contributed by atoms with Crippen LogP contribution >= 0.6 is 0 Å². The van der Waals surface area contributed by atoms with Crippen LogP contribution in [0.5, 0.6) is 5.75 Å². The van der Waals surface area contributed by atoms with Crippen LogP contribution in [0, 0.1) is 10.1 Å². The van der Waals surface area contributed by atoms with Gasteiger partial charge in [0.1, 0.15) is 12.4 Å². The smallest absolute Gasteiger partial charge is 0.310 e. The molecule has 0 unspecified atom stereocenters. The van der Waals surface area contributed by atoms with Crippen molar-refractivity contribution >= 4 is 5.69 Å². The zero-order chi connectivity index (χ0) is 13.8. The average molecular weight is 262 g/mol. The Balaban J connectivity index is 2.22. The fourth-order valence-electron chi connectivity index (χ4n) is 1.63. The second-order valence-electron chi connectivity index (χ2n) is 4.01. The summed E-state index contributed by atoms with van der Waals surface area (Å²) in [6.45, 7) is 0.467. The molecule has 0 atom stereocenters. The number of hydrogen-bond donors (Lipinski definition) is 1. The van der Waals surface area contributed by atoms with Crippen molar-refractivity contribution in [2.75, 3.05) is 0 Å². The number of rotatable bonds is 5. The van der Waals surface area contributed by atoms with E-state index >= 15 is 0 Å². The molecule has 0 amide bonds. The lowest BCUT2D eigenvalue weighted by atomic mass is 10.2. The lowest BCUT2D eigenvalue weighted by Crippen LogP contribution is -2.05. The molecule has 1 aromatic carbocycles. The van der Waals surface area contributed by atoms with Crippen molar-refractivity contribution in [2.24, 2.45) is 12.8 Å². The van der Waals surface area contributed by atoms with Gasteiger partial charge in [0.2, 0.25) is 0 Å². The lowest BCUT2D eigenvalue weighted by Gasteiger charge is -2.08. The molecule has 0 radical (unpaired) electrons. The van der Waals surface area contributed by atoms with Crippen molar-refractivity contribution in [2.45, 2.75) is 13.2 Å². The Morgan fingerprint density at radius 2 is 2.32 bits per heavy atom. The van der Waals surface area contributed by atoms with Gasteiger partial charge in [-0.25, -0.2) is 4.98 Å². The van der Waals surface area contributed by atoms with E-state index in [1.807, 2.05) is 7.05 Å². The van der Waals surface area contributed by atoms with Gasteiger partial charge in [0, 0.05) is 32.1 Å². The van der Waals surface area contributed by atoms with Crippen LogP contribution in [0.2, 0.25) is 0 Å². The molecule has 0 bridgehead atoms. The predicted octanol–water partition coefficient (Wildman–Crippen LogP) is 1.37. The average Bonchev–Trinajstić information content (AvgIpc) is 2.81. The summed E-state index contributed by atoms with van der Waals surface area (Å²) in [5.74, 6) is 0.892.